The minimum absolute atomic E-state index is 0.0173. The van der Waals surface area contributed by atoms with Crippen molar-refractivity contribution >= 4 is 17.5 Å². The molecule has 144 valence electrons. The Bertz CT molecular complexity index is 601. The third-order valence-electron chi connectivity index (χ3n) is 5.54. The average molecular weight is 382 g/mol. The summed E-state index contributed by atoms with van der Waals surface area (Å²) in [6.45, 7) is 5.89. The molecule has 0 bridgehead atoms. The third kappa shape index (κ3) is 4.70. The largest absolute Gasteiger partial charge is 0.484 e. The van der Waals surface area contributed by atoms with Gasteiger partial charge in [-0.2, -0.15) is 0 Å². The Morgan fingerprint density at radius 3 is 2.92 bits per heavy atom. The maximum Gasteiger partial charge on any atom is 0.260 e. The minimum Gasteiger partial charge on any atom is -0.484 e. The highest BCUT2D eigenvalue weighted by atomic mass is 35.5. The molecule has 1 spiro atoms. The van der Waals surface area contributed by atoms with E-state index in [4.69, 9.17) is 25.8 Å². The lowest BCUT2D eigenvalue weighted by Crippen LogP contribution is -2.50. The van der Waals surface area contributed by atoms with Gasteiger partial charge >= 0.3 is 0 Å². The highest BCUT2D eigenvalue weighted by Gasteiger charge is 2.46. The van der Waals surface area contributed by atoms with Crippen LogP contribution in [0.25, 0.3) is 0 Å². The Balaban J connectivity index is 1.47. The van der Waals surface area contributed by atoms with Crippen molar-refractivity contribution in [3.05, 3.63) is 29.3 Å². The molecule has 2 fully saturated rings. The van der Waals surface area contributed by atoms with Gasteiger partial charge in [0.25, 0.3) is 5.91 Å². The number of amides is 1. The second kappa shape index (κ2) is 9.07. The van der Waals surface area contributed by atoms with E-state index in [-0.39, 0.29) is 18.1 Å². The average Bonchev–Trinajstić information content (AvgIpc) is 3.03. The molecule has 0 saturated carbocycles. The lowest BCUT2D eigenvalue weighted by atomic mass is 9.78. The van der Waals surface area contributed by atoms with Crippen molar-refractivity contribution in [2.24, 2.45) is 5.92 Å². The van der Waals surface area contributed by atoms with Gasteiger partial charge in [0.2, 0.25) is 0 Å². The van der Waals surface area contributed by atoms with Gasteiger partial charge in [-0.25, -0.2) is 0 Å². The number of benzene rings is 1. The zero-order valence-electron chi connectivity index (χ0n) is 15.4. The molecule has 0 N–H and O–H groups in total. The van der Waals surface area contributed by atoms with Crippen LogP contribution in [-0.4, -0.2) is 55.9 Å². The van der Waals surface area contributed by atoms with Crippen LogP contribution in [0.5, 0.6) is 5.75 Å². The first-order chi connectivity index (χ1) is 12.6. The third-order valence-corrected chi connectivity index (χ3v) is 5.77. The SMILES string of the molecule is CCOCC[C@@H]1CCOC12CCN(C(=O)COc1cccc(Cl)c1)CC2. The maximum absolute atomic E-state index is 12.5. The van der Waals surface area contributed by atoms with E-state index >= 15 is 0 Å². The van der Waals surface area contributed by atoms with Crippen molar-refractivity contribution in [3.8, 4) is 5.75 Å². The number of carbonyl (C=O) groups is 1. The van der Waals surface area contributed by atoms with Gasteiger partial charge in [-0.3, -0.25) is 4.79 Å². The van der Waals surface area contributed by atoms with Gasteiger partial charge in [0.15, 0.2) is 6.61 Å². The molecule has 1 amide bonds. The van der Waals surface area contributed by atoms with Crippen LogP contribution < -0.4 is 4.74 Å². The monoisotopic (exact) mass is 381 g/mol. The Hall–Kier alpha value is -1.30. The van der Waals surface area contributed by atoms with E-state index in [2.05, 4.69) is 0 Å². The van der Waals surface area contributed by atoms with Crippen molar-refractivity contribution in [3.63, 3.8) is 0 Å². The summed E-state index contributed by atoms with van der Waals surface area (Å²) in [6.07, 6.45) is 3.93. The van der Waals surface area contributed by atoms with Gasteiger partial charge in [0.1, 0.15) is 5.75 Å². The molecule has 2 aliphatic rings. The van der Waals surface area contributed by atoms with Crippen molar-refractivity contribution in [2.45, 2.75) is 38.2 Å². The number of rotatable bonds is 7. The maximum atomic E-state index is 12.5. The van der Waals surface area contributed by atoms with Crippen molar-refractivity contribution in [1.82, 2.24) is 4.90 Å². The van der Waals surface area contributed by atoms with Crippen LogP contribution in [0.1, 0.15) is 32.6 Å². The van der Waals surface area contributed by atoms with Crippen molar-refractivity contribution < 1.29 is 19.0 Å². The summed E-state index contributed by atoms with van der Waals surface area (Å²) < 4.78 is 17.3. The zero-order chi connectivity index (χ0) is 18.4. The molecule has 6 heteroatoms. The van der Waals surface area contributed by atoms with E-state index in [0.717, 1.165) is 58.6 Å². The van der Waals surface area contributed by atoms with Gasteiger partial charge in [-0.05, 0) is 56.7 Å². The number of hydrogen-bond acceptors (Lipinski definition) is 4. The summed E-state index contributed by atoms with van der Waals surface area (Å²) in [7, 11) is 0. The molecule has 0 radical (unpaired) electrons. The fraction of sp³-hybridized carbons (Fsp3) is 0.650. The van der Waals surface area contributed by atoms with E-state index in [1.165, 1.54) is 0 Å². The van der Waals surface area contributed by atoms with Gasteiger partial charge in [0.05, 0.1) is 5.60 Å². The van der Waals surface area contributed by atoms with Crippen LogP contribution in [0.15, 0.2) is 24.3 Å². The molecule has 1 atom stereocenters. The highest BCUT2D eigenvalue weighted by Crippen LogP contribution is 2.42. The Morgan fingerprint density at radius 2 is 2.19 bits per heavy atom. The van der Waals surface area contributed by atoms with Gasteiger partial charge < -0.3 is 19.1 Å². The summed E-state index contributed by atoms with van der Waals surface area (Å²) in [6, 6.07) is 7.12. The number of carbonyl (C=O) groups excluding carboxylic acids is 1. The number of nitrogens with zero attached hydrogens (tertiary/aromatic N) is 1. The molecule has 2 aliphatic heterocycles. The first-order valence-electron chi connectivity index (χ1n) is 9.51. The van der Waals surface area contributed by atoms with Gasteiger partial charge in [-0.15, -0.1) is 0 Å². The van der Waals surface area contributed by atoms with E-state index in [1.807, 2.05) is 17.9 Å². The second-order valence-electron chi connectivity index (χ2n) is 7.01. The quantitative estimate of drug-likeness (QED) is 0.678. The molecule has 3 rings (SSSR count). The summed E-state index contributed by atoms with van der Waals surface area (Å²) in [4.78, 5) is 14.3. The zero-order valence-corrected chi connectivity index (χ0v) is 16.2. The van der Waals surface area contributed by atoms with Crippen LogP contribution in [0.2, 0.25) is 5.02 Å². The highest BCUT2D eigenvalue weighted by molar-refractivity contribution is 6.30. The fourth-order valence-corrected chi connectivity index (χ4v) is 4.22. The smallest absolute Gasteiger partial charge is 0.260 e. The van der Waals surface area contributed by atoms with Crippen LogP contribution in [-0.2, 0) is 14.3 Å². The summed E-state index contributed by atoms with van der Waals surface area (Å²) in [5.74, 6) is 1.17. The Kier molecular flexibility index (Phi) is 6.79. The van der Waals surface area contributed by atoms with E-state index in [0.29, 0.717) is 16.7 Å². The molecule has 0 aromatic heterocycles. The molecule has 5 nitrogen and oxygen atoms in total. The number of halogens is 1. The Morgan fingerprint density at radius 1 is 1.38 bits per heavy atom. The van der Waals surface area contributed by atoms with Gasteiger partial charge in [-0.1, -0.05) is 17.7 Å². The Labute approximate surface area is 160 Å². The van der Waals surface area contributed by atoms with Crippen LogP contribution in [0.4, 0.5) is 0 Å². The lowest BCUT2D eigenvalue weighted by Gasteiger charge is -2.42. The first kappa shape index (κ1) is 19.5. The number of hydrogen-bond donors (Lipinski definition) is 0. The number of likely N-dealkylation sites (tertiary alicyclic amines) is 1. The van der Waals surface area contributed by atoms with Gasteiger partial charge in [0, 0.05) is 37.9 Å². The normalized spacial score (nSPS) is 21.9. The van der Waals surface area contributed by atoms with Crippen molar-refractivity contribution in [2.75, 3.05) is 39.5 Å². The molecular formula is C20H28ClNO4. The molecule has 1 aromatic rings. The predicted octanol–water partition coefficient (Wildman–Crippen LogP) is 3.54. The second-order valence-corrected chi connectivity index (χ2v) is 7.45. The molecule has 1 aromatic carbocycles. The number of ether oxygens (including phenoxy) is 3. The van der Waals surface area contributed by atoms with E-state index < -0.39 is 0 Å². The summed E-state index contributed by atoms with van der Waals surface area (Å²) >= 11 is 5.94. The lowest BCUT2D eigenvalue weighted by molar-refractivity contribution is -0.139. The van der Waals surface area contributed by atoms with E-state index in [1.54, 1.807) is 18.2 Å². The van der Waals surface area contributed by atoms with Crippen LogP contribution in [0.3, 0.4) is 0 Å². The summed E-state index contributed by atoms with van der Waals surface area (Å²) in [5.41, 5.74) is -0.0678. The first-order valence-corrected chi connectivity index (χ1v) is 9.88. The summed E-state index contributed by atoms with van der Waals surface area (Å²) in [5, 5.41) is 0.603. The fourth-order valence-electron chi connectivity index (χ4n) is 4.04. The molecule has 2 heterocycles. The molecule has 26 heavy (non-hydrogen) atoms. The number of piperidine rings is 1. The van der Waals surface area contributed by atoms with Crippen LogP contribution in [0, 0.1) is 5.92 Å². The minimum atomic E-state index is -0.0678. The topological polar surface area (TPSA) is 48.0 Å². The molecular weight excluding hydrogens is 354 g/mol. The van der Waals surface area contributed by atoms with E-state index in [9.17, 15) is 4.79 Å². The predicted molar refractivity (Wildman–Crippen MR) is 101 cm³/mol. The van der Waals surface area contributed by atoms with Crippen molar-refractivity contribution in [1.29, 1.82) is 0 Å². The molecule has 0 unspecified atom stereocenters. The van der Waals surface area contributed by atoms with Crippen LogP contribution >= 0.6 is 11.6 Å². The molecule has 2 saturated heterocycles. The standard InChI is InChI=1S/C20H28ClNO4/c1-2-24-12-6-16-7-13-26-20(16)8-10-22(11-9-20)19(23)15-25-18-5-3-4-17(21)14-18/h3-5,14,16H,2,6-13,15H2,1H3/t16-/m1/s1. The molecule has 0 aliphatic carbocycles.